The molecule has 2 aromatic rings. The summed E-state index contributed by atoms with van der Waals surface area (Å²) < 4.78 is 0. The lowest BCUT2D eigenvalue weighted by Crippen LogP contribution is -2.03. The van der Waals surface area contributed by atoms with Gasteiger partial charge in [-0.1, -0.05) is 31.5 Å². The zero-order valence-electron chi connectivity index (χ0n) is 11.6. The highest BCUT2D eigenvalue weighted by atomic mass is 35.5. The van der Waals surface area contributed by atoms with Crippen LogP contribution in [0.1, 0.15) is 36.7 Å². The maximum absolute atomic E-state index is 8.96. The van der Waals surface area contributed by atoms with Gasteiger partial charge in [-0.3, -0.25) is 0 Å². The van der Waals surface area contributed by atoms with Crippen molar-refractivity contribution in [2.45, 2.75) is 26.7 Å². The van der Waals surface area contributed by atoms with Gasteiger partial charge in [0.15, 0.2) is 0 Å². The molecule has 0 saturated carbocycles. The Morgan fingerprint density at radius 3 is 2.65 bits per heavy atom. The van der Waals surface area contributed by atoms with Gasteiger partial charge in [0.25, 0.3) is 0 Å². The summed E-state index contributed by atoms with van der Waals surface area (Å²) in [6, 6.07) is 9.27. The molecule has 20 heavy (non-hydrogen) atoms. The van der Waals surface area contributed by atoms with Crippen LogP contribution in [0.3, 0.4) is 0 Å². The van der Waals surface area contributed by atoms with E-state index in [-0.39, 0.29) is 5.92 Å². The Kier molecular flexibility index (Phi) is 4.21. The molecule has 4 nitrogen and oxygen atoms in total. The van der Waals surface area contributed by atoms with Gasteiger partial charge in [-0.15, -0.1) is 0 Å². The van der Waals surface area contributed by atoms with Gasteiger partial charge in [0.1, 0.15) is 16.8 Å². The summed E-state index contributed by atoms with van der Waals surface area (Å²) in [5.41, 5.74) is 2.47. The number of halogens is 1. The molecular weight excluding hydrogens is 272 g/mol. The topological polar surface area (TPSA) is 61.6 Å². The van der Waals surface area contributed by atoms with Crippen LogP contribution in [0.4, 0.5) is 11.5 Å². The van der Waals surface area contributed by atoms with Crippen molar-refractivity contribution < 1.29 is 0 Å². The maximum atomic E-state index is 8.96. The molecule has 1 aromatic carbocycles. The first-order chi connectivity index (χ1) is 9.49. The molecule has 0 saturated heterocycles. The van der Waals surface area contributed by atoms with Gasteiger partial charge in [0, 0.05) is 17.7 Å². The molecule has 0 amide bonds. The minimum atomic E-state index is 0.195. The lowest BCUT2D eigenvalue weighted by Gasteiger charge is -2.11. The van der Waals surface area contributed by atoms with Crippen LogP contribution in [0.2, 0.25) is 5.15 Å². The second-order valence-corrected chi connectivity index (χ2v) is 5.24. The molecule has 0 aliphatic heterocycles. The predicted octanol–water partition coefficient (Wildman–Crippen LogP) is 4.18. The van der Waals surface area contributed by atoms with E-state index in [4.69, 9.17) is 16.9 Å². The van der Waals surface area contributed by atoms with Gasteiger partial charge >= 0.3 is 0 Å². The van der Waals surface area contributed by atoms with E-state index in [0.717, 1.165) is 11.3 Å². The third kappa shape index (κ3) is 3.25. The number of aromatic nitrogens is 2. The van der Waals surface area contributed by atoms with Crippen LogP contribution in [0.5, 0.6) is 0 Å². The second kappa shape index (κ2) is 5.89. The smallest absolute Gasteiger partial charge is 0.135 e. The van der Waals surface area contributed by atoms with Crippen LogP contribution in [0, 0.1) is 18.3 Å². The monoisotopic (exact) mass is 286 g/mol. The quantitative estimate of drug-likeness (QED) is 0.860. The van der Waals surface area contributed by atoms with E-state index in [1.807, 2.05) is 26.8 Å². The number of nitrogens with zero attached hydrogens (tertiary/aromatic N) is 3. The molecule has 0 unspecified atom stereocenters. The molecule has 0 bridgehead atoms. The van der Waals surface area contributed by atoms with Crippen molar-refractivity contribution in [1.29, 1.82) is 5.26 Å². The maximum Gasteiger partial charge on any atom is 0.135 e. The zero-order valence-corrected chi connectivity index (χ0v) is 12.4. The Bertz CT molecular complexity index is 674. The van der Waals surface area contributed by atoms with E-state index in [9.17, 15) is 0 Å². The van der Waals surface area contributed by atoms with E-state index >= 15 is 0 Å². The van der Waals surface area contributed by atoms with Crippen LogP contribution in [0.15, 0.2) is 24.3 Å². The third-order valence-corrected chi connectivity index (χ3v) is 3.05. The largest absolute Gasteiger partial charge is 0.340 e. The van der Waals surface area contributed by atoms with E-state index in [1.54, 1.807) is 18.2 Å². The fourth-order valence-electron chi connectivity index (χ4n) is 1.72. The average molecular weight is 287 g/mol. The SMILES string of the molecule is Cc1ccc(C#N)cc1Nc1cc(Cl)nc(C(C)C)n1. The zero-order chi connectivity index (χ0) is 14.7. The Hall–Kier alpha value is -2.12. The summed E-state index contributed by atoms with van der Waals surface area (Å²) in [4.78, 5) is 8.63. The molecule has 5 heteroatoms. The number of rotatable bonds is 3. The van der Waals surface area contributed by atoms with E-state index < -0.39 is 0 Å². The van der Waals surface area contributed by atoms with Crippen molar-refractivity contribution in [3.8, 4) is 6.07 Å². The highest BCUT2D eigenvalue weighted by molar-refractivity contribution is 6.29. The normalized spacial score (nSPS) is 10.4. The number of benzene rings is 1. The number of hydrogen-bond donors (Lipinski definition) is 1. The molecule has 2 rings (SSSR count). The molecule has 0 spiro atoms. The van der Waals surface area contributed by atoms with Crippen molar-refractivity contribution >= 4 is 23.1 Å². The Morgan fingerprint density at radius 2 is 2.00 bits per heavy atom. The van der Waals surface area contributed by atoms with Crippen molar-refractivity contribution in [2.75, 3.05) is 5.32 Å². The molecule has 0 fully saturated rings. The molecular formula is C15H15ClN4. The first kappa shape index (κ1) is 14.3. The van der Waals surface area contributed by atoms with Crippen molar-refractivity contribution in [2.24, 2.45) is 0 Å². The highest BCUT2D eigenvalue weighted by Crippen LogP contribution is 2.23. The summed E-state index contributed by atoms with van der Waals surface area (Å²) in [5.74, 6) is 1.52. The molecule has 0 radical (unpaired) electrons. The van der Waals surface area contributed by atoms with E-state index in [1.165, 1.54) is 0 Å². The van der Waals surface area contributed by atoms with Gasteiger partial charge in [-0.05, 0) is 24.6 Å². The Balaban J connectivity index is 2.37. The minimum Gasteiger partial charge on any atom is -0.340 e. The standard InChI is InChI=1S/C15H15ClN4/c1-9(2)15-19-13(16)7-14(20-15)18-12-6-11(8-17)5-4-10(12)3/h4-7,9H,1-3H3,(H,18,19,20). The van der Waals surface area contributed by atoms with Crippen molar-refractivity contribution in [3.63, 3.8) is 0 Å². The van der Waals surface area contributed by atoms with Crippen LogP contribution >= 0.6 is 11.6 Å². The fraction of sp³-hybridized carbons (Fsp3) is 0.267. The summed E-state index contributed by atoms with van der Waals surface area (Å²) >= 11 is 6.02. The molecule has 1 aromatic heterocycles. The average Bonchev–Trinajstić information content (AvgIpc) is 2.40. The van der Waals surface area contributed by atoms with Crippen LogP contribution in [-0.4, -0.2) is 9.97 Å². The number of nitrogens with one attached hydrogen (secondary N) is 1. The summed E-state index contributed by atoms with van der Waals surface area (Å²) in [5, 5.41) is 12.6. The molecule has 0 aliphatic rings. The van der Waals surface area contributed by atoms with Gasteiger partial charge in [-0.2, -0.15) is 5.26 Å². The highest BCUT2D eigenvalue weighted by Gasteiger charge is 2.08. The van der Waals surface area contributed by atoms with Gasteiger partial charge in [0.2, 0.25) is 0 Å². The molecule has 0 aliphatic carbocycles. The Morgan fingerprint density at radius 1 is 1.25 bits per heavy atom. The van der Waals surface area contributed by atoms with Gasteiger partial charge in [0.05, 0.1) is 11.6 Å². The number of aryl methyl sites for hydroxylation is 1. The third-order valence-electron chi connectivity index (χ3n) is 2.86. The van der Waals surface area contributed by atoms with Crippen LogP contribution < -0.4 is 5.32 Å². The Labute approximate surface area is 123 Å². The van der Waals surface area contributed by atoms with E-state index in [2.05, 4.69) is 21.4 Å². The molecule has 102 valence electrons. The second-order valence-electron chi connectivity index (χ2n) is 4.86. The van der Waals surface area contributed by atoms with Crippen molar-refractivity contribution in [3.05, 3.63) is 46.4 Å². The molecule has 1 N–H and O–H groups in total. The molecule has 1 heterocycles. The van der Waals surface area contributed by atoms with Crippen molar-refractivity contribution in [1.82, 2.24) is 9.97 Å². The van der Waals surface area contributed by atoms with Crippen LogP contribution in [-0.2, 0) is 0 Å². The minimum absolute atomic E-state index is 0.195. The lowest BCUT2D eigenvalue weighted by molar-refractivity contribution is 0.776. The number of anilines is 2. The van der Waals surface area contributed by atoms with Crippen LogP contribution in [0.25, 0.3) is 0 Å². The fourth-order valence-corrected chi connectivity index (χ4v) is 1.91. The first-order valence-corrected chi connectivity index (χ1v) is 6.69. The lowest BCUT2D eigenvalue weighted by atomic mass is 10.1. The first-order valence-electron chi connectivity index (χ1n) is 6.32. The summed E-state index contributed by atoms with van der Waals surface area (Å²) in [6.07, 6.45) is 0. The number of nitriles is 1. The summed E-state index contributed by atoms with van der Waals surface area (Å²) in [7, 11) is 0. The predicted molar refractivity (Wildman–Crippen MR) is 80.3 cm³/mol. The van der Waals surface area contributed by atoms with Gasteiger partial charge in [-0.25, -0.2) is 9.97 Å². The number of hydrogen-bond acceptors (Lipinski definition) is 4. The van der Waals surface area contributed by atoms with E-state index in [0.29, 0.717) is 22.4 Å². The van der Waals surface area contributed by atoms with Gasteiger partial charge < -0.3 is 5.32 Å². The molecule has 0 atom stereocenters. The summed E-state index contributed by atoms with van der Waals surface area (Å²) in [6.45, 7) is 5.99.